The van der Waals surface area contributed by atoms with E-state index < -0.39 is 5.97 Å². The Morgan fingerprint density at radius 3 is 2.40 bits per heavy atom. The maximum absolute atomic E-state index is 10.8. The zero-order valence-corrected chi connectivity index (χ0v) is 8.21. The van der Waals surface area contributed by atoms with E-state index >= 15 is 0 Å². The fourth-order valence-corrected chi connectivity index (χ4v) is 1.09. The van der Waals surface area contributed by atoms with Crippen LogP contribution in [0, 0.1) is 0 Å². The molecule has 1 aromatic rings. The molecule has 1 aromatic carbocycles. The molecule has 1 rings (SSSR count). The van der Waals surface area contributed by atoms with Crippen LogP contribution < -0.4 is 0 Å². The maximum atomic E-state index is 10.8. The zero-order valence-electron chi connectivity index (χ0n) is 8.21. The standard InChI is InChI=1S/C11H11NO3/c1-8(12-15)10(11(13)14)7-9-5-3-2-4-6-9/h2-7,15H,1H3,(H,13,14)/b10-7+,12-8+. The topological polar surface area (TPSA) is 69.9 Å². The molecule has 0 heterocycles. The summed E-state index contributed by atoms with van der Waals surface area (Å²) in [5.41, 5.74) is 0.799. The normalized spacial score (nSPS) is 12.6. The van der Waals surface area contributed by atoms with Crippen LogP contribution >= 0.6 is 0 Å². The summed E-state index contributed by atoms with van der Waals surface area (Å²) < 4.78 is 0. The number of carboxylic acid groups (broad SMARTS) is 1. The number of rotatable bonds is 3. The lowest BCUT2D eigenvalue weighted by molar-refractivity contribution is -0.131. The highest BCUT2D eigenvalue weighted by atomic mass is 16.4. The highest BCUT2D eigenvalue weighted by Crippen LogP contribution is 2.08. The molecule has 0 aliphatic carbocycles. The molecule has 0 spiro atoms. The van der Waals surface area contributed by atoms with Gasteiger partial charge in [0.2, 0.25) is 0 Å². The van der Waals surface area contributed by atoms with E-state index in [1.165, 1.54) is 13.0 Å². The van der Waals surface area contributed by atoms with Gasteiger partial charge < -0.3 is 10.3 Å². The van der Waals surface area contributed by atoms with Crippen molar-refractivity contribution in [3.8, 4) is 0 Å². The molecule has 78 valence electrons. The van der Waals surface area contributed by atoms with Gasteiger partial charge in [0.1, 0.15) is 0 Å². The van der Waals surface area contributed by atoms with E-state index in [0.29, 0.717) is 0 Å². The van der Waals surface area contributed by atoms with Gasteiger partial charge in [0.05, 0.1) is 11.3 Å². The quantitative estimate of drug-likeness (QED) is 0.343. The molecule has 0 aliphatic rings. The Kier molecular flexibility index (Phi) is 3.62. The summed E-state index contributed by atoms with van der Waals surface area (Å²) in [6.07, 6.45) is 1.46. The van der Waals surface area contributed by atoms with E-state index in [0.717, 1.165) is 5.56 Å². The molecule has 0 amide bonds. The van der Waals surface area contributed by atoms with Gasteiger partial charge in [-0.15, -0.1) is 0 Å². The van der Waals surface area contributed by atoms with Crippen molar-refractivity contribution in [2.45, 2.75) is 6.92 Å². The molecule has 15 heavy (non-hydrogen) atoms. The minimum atomic E-state index is -1.12. The summed E-state index contributed by atoms with van der Waals surface area (Å²) in [6, 6.07) is 8.99. The van der Waals surface area contributed by atoms with E-state index in [9.17, 15) is 4.79 Å². The molecule has 2 N–H and O–H groups in total. The fourth-order valence-electron chi connectivity index (χ4n) is 1.09. The van der Waals surface area contributed by atoms with Crippen LogP contribution in [0.15, 0.2) is 41.1 Å². The molecule has 0 fully saturated rings. The first-order valence-electron chi connectivity index (χ1n) is 4.34. The summed E-state index contributed by atoms with van der Waals surface area (Å²) in [4.78, 5) is 10.8. The summed E-state index contributed by atoms with van der Waals surface area (Å²) >= 11 is 0. The van der Waals surface area contributed by atoms with Crippen LogP contribution in [0.4, 0.5) is 0 Å². The molecule has 0 atom stereocenters. The van der Waals surface area contributed by atoms with Crippen molar-refractivity contribution in [3.63, 3.8) is 0 Å². The predicted octanol–water partition coefficient (Wildman–Crippen LogP) is 2.00. The molecule has 0 radical (unpaired) electrons. The van der Waals surface area contributed by atoms with Crippen LogP contribution in [0.2, 0.25) is 0 Å². The third-order valence-electron chi connectivity index (χ3n) is 1.88. The summed E-state index contributed by atoms with van der Waals surface area (Å²) in [7, 11) is 0. The monoisotopic (exact) mass is 205 g/mol. The second-order valence-electron chi connectivity index (χ2n) is 2.96. The van der Waals surface area contributed by atoms with Crippen molar-refractivity contribution in [1.82, 2.24) is 0 Å². The number of hydrogen-bond donors (Lipinski definition) is 2. The Labute approximate surface area is 87.2 Å². The molecule has 0 saturated heterocycles. The first-order chi connectivity index (χ1) is 7.15. The SMILES string of the molecule is CC(=N\O)/C(=C\c1ccccc1)C(=O)O. The lowest BCUT2D eigenvalue weighted by Gasteiger charge is -1.99. The van der Waals surface area contributed by atoms with Crippen molar-refractivity contribution in [1.29, 1.82) is 0 Å². The van der Waals surface area contributed by atoms with Crippen molar-refractivity contribution < 1.29 is 15.1 Å². The molecule has 4 heteroatoms. The van der Waals surface area contributed by atoms with Crippen LogP contribution in [0.3, 0.4) is 0 Å². The lowest BCUT2D eigenvalue weighted by Crippen LogP contribution is -2.08. The van der Waals surface area contributed by atoms with Gasteiger partial charge in [-0.1, -0.05) is 35.5 Å². The Morgan fingerprint density at radius 1 is 1.33 bits per heavy atom. The fraction of sp³-hybridized carbons (Fsp3) is 0.0909. The highest BCUT2D eigenvalue weighted by molar-refractivity contribution is 6.21. The number of oxime groups is 1. The molecule has 0 saturated carbocycles. The third-order valence-corrected chi connectivity index (χ3v) is 1.88. The third kappa shape index (κ3) is 2.95. The van der Waals surface area contributed by atoms with E-state index in [2.05, 4.69) is 5.16 Å². The van der Waals surface area contributed by atoms with Gasteiger partial charge in [0, 0.05) is 0 Å². The van der Waals surface area contributed by atoms with Crippen molar-refractivity contribution in [2.75, 3.05) is 0 Å². The number of carboxylic acids is 1. The van der Waals surface area contributed by atoms with E-state index in [1.54, 1.807) is 24.3 Å². The predicted molar refractivity (Wildman–Crippen MR) is 57.0 cm³/mol. The molecule has 0 unspecified atom stereocenters. The van der Waals surface area contributed by atoms with E-state index in [-0.39, 0.29) is 11.3 Å². The van der Waals surface area contributed by atoms with Crippen LogP contribution in [0.5, 0.6) is 0 Å². The van der Waals surface area contributed by atoms with Crippen LogP contribution in [0.25, 0.3) is 6.08 Å². The molecule has 4 nitrogen and oxygen atoms in total. The van der Waals surface area contributed by atoms with E-state index in [4.69, 9.17) is 10.3 Å². The Morgan fingerprint density at radius 2 is 1.93 bits per heavy atom. The second kappa shape index (κ2) is 4.95. The van der Waals surface area contributed by atoms with Gasteiger partial charge in [-0.05, 0) is 18.6 Å². The number of carbonyl (C=O) groups is 1. The van der Waals surface area contributed by atoms with Gasteiger partial charge in [-0.3, -0.25) is 0 Å². The molecule has 0 bridgehead atoms. The Hall–Kier alpha value is -2.10. The summed E-state index contributed by atoms with van der Waals surface area (Å²) in [5.74, 6) is -1.12. The van der Waals surface area contributed by atoms with Gasteiger partial charge in [-0.25, -0.2) is 4.79 Å². The Balaban J connectivity index is 3.11. The average molecular weight is 205 g/mol. The summed E-state index contributed by atoms with van der Waals surface area (Å²) in [6.45, 7) is 1.43. The Bertz CT molecular complexity index is 407. The van der Waals surface area contributed by atoms with Crippen molar-refractivity contribution in [2.24, 2.45) is 5.16 Å². The second-order valence-corrected chi connectivity index (χ2v) is 2.96. The number of nitrogens with zero attached hydrogens (tertiary/aromatic N) is 1. The van der Waals surface area contributed by atoms with Crippen LogP contribution in [-0.4, -0.2) is 22.0 Å². The number of hydrogen-bond acceptors (Lipinski definition) is 3. The molecule has 0 aliphatic heterocycles. The number of aliphatic carboxylic acids is 1. The van der Waals surface area contributed by atoms with Gasteiger partial charge >= 0.3 is 5.97 Å². The molecule has 0 aromatic heterocycles. The largest absolute Gasteiger partial charge is 0.478 e. The van der Waals surface area contributed by atoms with Gasteiger partial charge in [0.25, 0.3) is 0 Å². The summed E-state index contributed by atoms with van der Waals surface area (Å²) in [5, 5.41) is 20.3. The first-order valence-corrected chi connectivity index (χ1v) is 4.34. The first kappa shape index (κ1) is 11.0. The average Bonchev–Trinajstić information content (AvgIpc) is 2.26. The maximum Gasteiger partial charge on any atom is 0.337 e. The lowest BCUT2D eigenvalue weighted by atomic mass is 10.1. The smallest absolute Gasteiger partial charge is 0.337 e. The van der Waals surface area contributed by atoms with Gasteiger partial charge in [-0.2, -0.15) is 0 Å². The van der Waals surface area contributed by atoms with Crippen LogP contribution in [-0.2, 0) is 4.79 Å². The molecular weight excluding hydrogens is 194 g/mol. The minimum absolute atomic E-state index is 0.0244. The zero-order chi connectivity index (χ0) is 11.3. The highest BCUT2D eigenvalue weighted by Gasteiger charge is 2.11. The van der Waals surface area contributed by atoms with Crippen LogP contribution in [0.1, 0.15) is 12.5 Å². The van der Waals surface area contributed by atoms with Gasteiger partial charge in [0.15, 0.2) is 0 Å². The number of benzene rings is 1. The van der Waals surface area contributed by atoms with E-state index in [1.807, 2.05) is 6.07 Å². The van der Waals surface area contributed by atoms with Crippen molar-refractivity contribution >= 4 is 17.8 Å². The minimum Gasteiger partial charge on any atom is -0.478 e. The van der Waals surface area contributed by atoms with Crippen molar-refractivity contribution in [3.05, 3.63) is 41.5 Å². The molecular formula is C11H11NO3.